The second kappa shape index (κ2) is 7.70. The molecule has 1 aliphatic heterocycles. The van der Waals surface area contributed by atoms with E-state index in [1.807, 2.05) is 12.1 Å². The van der Waals surface area contributed by atoms with Gasteiger partial charge in [-0.15, -0.1) is 0 Å². The molecular weight excluding hydrogens is 323 g/mol. The maximum atomic E-state index is 5.14. The van der Waals surface area contributed by atoms with Gasteiger partial charge in [0, 0.05) is 6.79 Å². The molecule has 0 aromatic heterocycles. The second-order valence-electron chi connectivity index (χ2n) is 3.19. The van der Waals surface area contributed by atoms with Crippen LogP contribution in [0.3, 0.4) is 0 Å². The van der Waals surface area contributed by atoms with Crippen LogP contribution in [0.5, 0.6) is 11.5 Å². The van der Waals surface area contributed by atoms with E-state index < -0.39 is 0 Å². The molecule has 0 amide bonds. The van der Waals surface area contributed by atoms with Crippen molar-refractivity contribution in [2.24, 2.45) is 0 Å². The molecule has 1 aromatic rings. The summed E-state index contributed by atoms with van der Waals surface area (Å²) < 4.78 is 10.2. The fourth-order valence-corrected chi connectivity index (χ4v) is 1.20. The van der Waals surface area contributed by atoms with Crippen LogP contribution in [0, 0.1) is 6.79 Å². The summed E-state index contributed by atoms with van der Waals surface area (Å²) in [6, 6.07) is 6.02. The zero-order chi connectivity index (χ0) is 8.55. The topological polar surface area (TPSA) is 18.5 Å². The Bertz CT molecular complexity index is 300. The first-order valence-electron chi connectivity index (χ1n) is 4.06. The number of hydrogen-bond acceptors (Lipinski definition) is 2. The monoisotopic (exact) mass is 333 g/mol. The van der Waals surface area contributed by atoms with Crippen LogP contribution in [0.1, 0.15) is 25.3 Å². The molecule has 0 atom stereocenters. The van der Waals surface area contributed by atoms with Crippen molar-refractivity contribution in [3.63, 3.8) is 0 Å². The average Bonchev–Trinajstić information content (AvgIpc) is 2.49. The molecule has 1 aliphatic rings. The second-order valence-corrected chi connectivity index (χ2v) is 3.19. The summed E-state index contributed by atoms with van der Waals surface area (Å²) in [5.74, 6) is 2.15. The van der Waals surface area contributed by atoms with Gasteiger partial charge in [-0.2, -0.15) is 0 Å². The van der Waals surface area contributed by atoms with E-state index >= 15 is 0 Å². The van der Waals surface area contributed by atoms with Crippen LogP contribution in [0.15, 0.2) is 18.2 Å². The minimum absolute atomic E-state index is 0. The summed E-state index contributed by atoms with van der Waals surface area (Å²) in [6.45, 7) is 5.66. The first-order chi connectivity index (χ1) is 5.77. The van der Waals surface area contributed by atoms with E-state index in [0.29, 0.717) is 5.92 Å². The third-order valence-electron chi connectivity index (χ3n) is 1.98. The minimum Gasteiger partial charge on any atom is -0.620 e. The molecule has 0 unspecified atom stereocenters. The Labute approximate surface area is 183 Å². The Morgan fingerprint density at radius 2 is 1.71 bits per heavy atom. The first-order valence-corrected chi connectivity index (χ1v) is 4.06. The molecule has 0 N–H and O–H groups in total. The largest absolute Gasteiger partial charge is 1.00 e. The van der Waals surface area contributed by atoms with Gasteiger partial charge < -0.3 is 9.47 Å². The van der Waals surface area contributed by atoms with E-state index in [2.05, 4.69) is 19.9 Å². The van der Waals surface area contributed by atoms with E-state index in [9.17, 15) is 0 Å². The standard InChI is InChI=1S/C10H11O2.2Rb/c1-7(2)8-3-4-9-10(5-8)12-6-11-9;;/h3-7H,1-2H3;;/q-1;2*+1. The van der Waals surface area contributed by atoms with Crippen molar-refractivity contribution in [3.05, 3.63) is 30.6 Å². The summed E-state index contributed by atoms with van der Waals surface area (Å²) >= 11 is 0. The Morgan fingerprint density at radius 3 is 2.36 bits per heavy atom. The van der Waals surface area contributed by atoms with Crippen LogP contribution in [-0.2, 0) is 0 Å². The first kappa shape index (κ1) is 16.4. The molecule has 64 valence electrons. The Hall–Kier alpha value is 2.43. The zero-order valence-corrected chi connectivity index (χ0v) is 19.0. The maximum Gasteiger partial charge on any atom is 1.00 e. The van der Waals surface area contributed by atoms with Gasteiger partial charge in [-0.3, -0.25) is 0 Å². The van der Waals surface area contributed by atoms with Crippen molar-refractivity contribution in [2.45, 2.75) is 19.8 Å². The molecule has 4 heteroatoms. The maximum absolute atomic E-state index is 5.14. The fourth-order valence-electron chi connectivity index (χ4n) is 1.20. The quantitative estimate of drug-likeness (QED) is 0.502. The summed E-state index contributed by atoms with van der Waals surface area (Å²) in [7, 11) is 0. The Kier molecular flexibility index (Phi) is 9.03. The minimum atomic E-state index is 0. The van der Waals surface area contributed by atoms with Gasteiger partial charge >= 0.3 is 116 Å². The predicted octanol–water partition coefficient (Wildman–Crippen LogP) is -3.29. The van der Waals surface area contributed by atoms with Crippen molar-refractivity contribution in [1.29, 1.82) is 0 Å². The third kappa shape index (κ3) is 4.02. The number of ether oxygens (including phenoxy) is 2. The molecule has 1 aromatic carbocycles. The van der Waals surface area contributed by atoms with Gasteiger partial charge in [0.1, 0.15) is 11.5 Å². The molecule has 0 saturated carbocycles. The van der Waals surface area contributed by atoms with Crippen LogP contribution in [-0.4, -0.2) is 0 Å². The van der Waals surface area contributed by atoms with E-state index in [0.717, 1.165) is 11.5 Å². The smallest absolute Gasteiger partial charge is 0.620 e. The summed E-state index contributed by atoms with van der Waals surface area (Å²) in [6.07, 6.45) is 0. The van der Waals surface area contributed by atoms with E-state index in [4.69, 9.17) is 9.47 Å². The van der Waals surface area contributed by atoms with E-state index in [1.165, 1.54) is 12.4 Å². The predicted molar refractivity (Wildman–Crippen MR) is 46.1 cm³/mol. The van der Waals surface area contributed by atoms with E-state index in [1.54, 1.807) is 0 Å². The van der Waals surface area contributed by atoms with Crippen LogP contribution in [0.4, 0.5) is 0 Å². The normalized spacial score (nSPS) is 11.9. The van der Waals surface area contributed by atoms with Crippen molar-refractivity contribution >= 4 is 0 Å². The summed E-state index contributed by atoms with van der Waals surface area (Å²) in [5.41, 5.74) is 1.27. The summed E-state index contributed by atoms with van der Waals surface area (Å²) in [5, 5.41) is 0. The Balaban J connectivity index is 0.000000845. The number of rotatable bonds is 1. The fraction of sp³-hybridized carbons (Fsp3) is 0.300. The molecule has 0 radical (unpaired) electrons. The van der Waals surface area contributed by atoms with Gasteiger partial charge in [0.05, 0.1) is 0 Å². The van der Waals surface area contributed by atoms with Gasteiger partial charge in [-0.1, -0.05) is 19.9 Å². The van der Waals surface area contributed by atoms with Crippen molar-refractivity contribution < 1.29 is 126 Å². The molecule has 1 heterocycles. The van der Waals surface area contributed by atoms with Crippen LogP contribution in [0.25, 0.3) is 0 Å². The SMILES string of the molecule is CC(C)c1ccc2c(c1)O[CH-]O2.[Rb+].[Rb+]. The van der Waals surface area contributed by atoms with Gasteiger partial charge in [0.15, 0.2) is 0 Å². The zero-order valence-electron chi connectivity index (χ0n) is 9.20. The molecule has 0 saturated heterocycles. The van der Waals surface area contributed by atoms with Gasteiger partial charge in [-0.05, 0) is 23.6 Å². The number of benzene rings is 1. The molecule has 2 nitrogen and oxygen atoms in total. The van der Waals surface area contributed by atoms with Crippen molar-refractivity contribution in [1.82, 2.24) is 0 Å². The number of fused-ring (bicyclic) bond motifs is 1. The van der Waals surface area contributed by atoms with Gasteiger partial charge in [0.25, 0.3) is 0 Å². The van der Waals surface area contributed by atoms with Crippen LogP contribution < -0.4 is 126 Å². The molecule has 14 heavy (non-hydrogen) atoms. The van der Waals surface area contributed by atoms with Crippen molar-refractivity contribution in [3.8, 4) is 11.5 Å². The van der Waals surface area contributed by atoms with E-state index in [-0.39, 0.29) is 116 Å². The third-order valence-corrected chi connectivity index (χ3v) is 1.98. The molecule has 0 spiro atoms. The Morgan fingerprint density at radius 1 is 1.07 bits per heavy atom. The molecule has 0 fully saturated rings. The molecule has 0 bridgehead atoms. The molecule has 0 aliphatic carbocycles. The van der Waals surface area contributed by atoms with Gasteiger partial charge in [-0.25, -0.2) is 0 Å². The number of hydrogen-bond donors (Lipinski definition) is 0. The molecule has 2 rings (SSSR count). The van der Waals surface area contributed by atoms with Crippen molar-refractivity contribution in [2.75, 3.05) is 0 Å². The molecular formula is C10H11O2Rb2+. The average molecular weight is 334 g/mol. The summed E-state index contributed by atoms with van der Waals surface area (Å²) in [4.78, 5) is 0. The van der Waals surface area contributed by atoms with Gasteiger partial charge in [0.2, 0.25) is 0 Å². The van der Waals surface area contributed by atoms with Crippen LogP contribution >= 0.6 is 0 Å². The van der Waals surface area contributed by atoms with Crippen LogP contribution in [0.2, 0.25) is 0 Å².